The molecule has 19 nitrogen and oxygen atoms in total. The molecule has 0 spiro atoms. The lowest BCUT2D eigenvalue weighted by atomic mass is 9.89. The van der Waals surface area contributed by atoms with E-state index in [-0.39, 0.29) is 17.1 Å². The minimum absolute atomic E-state index is 0.0309. The van der Waals surface area contributed by atoms with Crippen LogP contribution in [0.5, 0.6) is 17.2 Å². The van der Waals surface area contributed by atoms with Crippen molar-refractivity contribution in [3.63, 3.8) is 0 Å². The summed E-state index contributed by atoms with van der Waals surface area (Å²) in [7, 11) is 0. The van der Waals surface area contributed by atoms with E-state index in [2.05, 4.69) is 0 Å². The molecule has 0 bridgehead atoms. The third-order valence-electron chi connectivity index (χ3n) is 9.15. The van der Waals surface area contributed by atoms with E-state index in [4.69, 9.17) is 28.1 Å². The first-order valence-electron chi connectivity index (χ1n) is 15.8. The molecule has 51 heavy (non-hydrogen) atoms. The second kappa shape index (κ2) is 14.8. The van der Waals surface area contributed by atoms with Crippen molar-refractivity contribution < 1.29 is 89.4 Å². The van der Waals surface area contributed by atoms with Gasteiger partial charge in [0.15, 0.2) is 11.7 Å². The molecule has 0 amide bonds. The minimum atomic E-state index is -1.90. The van der Waals surface area contributed by atoms with Crippen LogP contribution in [0.25, 0.3) is 22.3 Å². The van der Waals surface area contributed by atoms with Crippen molar-refractivity contribution in [1.29, 1.82) is 0 Å². The van der Waals surface area contributed by atoms with Crippen molar-refractivity contribution in [2.45, 2.75) is 85.8 Å². The molecule has 280 valence electrons. The number of phenols is 2. The molecule has 3 saturated heterocycles. The maximum absolute atomic E-state index is 13.4. The highest BCUT2D eigenvalue weighted by Gasteiger charge is 2.51. The summed E-state index contributed by atoms with van der Waals surface area (Å²) in [5.74, 6) is -1.51. The first-order valence-corrected chi connectivity index (χ1v) is 15.8. The Bertz CT molecular complexity index is 1730. The zero-order chi connectivity index (χ0) is 36.9. The summed E-state index contributed by atoms with van der Waals surface area (Å²) >= 11 is 0. The Hall–Kier alpha value is -3.51. The number of phenolic OH excluding ortho intramolecular Hbond substituents is 2. The van der Waals surface area contributed by atoms with Crippen molar-refractivity contribution in [1.82, 2.24) is 0 Å². The number of aliphatic hydroxyl groups is 10. The van der Waals surface area contributed by atoms with E-state index in [0.29, 0.717) is 5.56 Å². The molecule has 6 rings (SSSR count). The number of hydrogen-bond acceptors (Lipinski definition) is 19. The maximum atomic E-state index is 13.4. The zero-order valence-electron chi connectivity index (χ0n) is 26.4. The van der Waals surface area contributed by atoms with Gasteiger partial charge in [0.05, 0.1) is 25.4 Å². The largest absolute Gasteiger partial charge is 0.507 e. The average molecular weight is 727 g/mol. The Balaban J connectivity index is 1.29. The molecule has 4 heterocycles. The smallest absolute Gasteiger partial charge is 0.229 e. The van der Waals surface area contributed by atoms with Gasteiger partial charge in [-0.3, -0.25) is 4.79 Å². The number of aliphatic hydroxyl groups excluding tert-OH is 10. The van der Waals surface area contributed by atoms with Crippen LogP contribution in [0.1, 0.15) is 11.7 Å². The Morgan fingerprint density at radius 3 is 2.02 bits per heavy atom. The summed E-state index contributed by atoms with van der Waals surface area (Å²) in [6, 6.07) is 7.72. The molecule has 3 aliphatic heterocycles. The van der Waals surface area contributed by atoms with Gasteiger partial charge in [-0.15, -0.1) is 0 Å². The highest BCUT2D eigenvalue weighted by atomic mass is 16.7. The van der Waals surface area contributed by atoms with Crippen LogP contribution in [-0.2, 0) is 18.9 Å². The van der Waals surface area contributed by atoms with Crippen molar-refractivity contribution in [3.8, 4) is 28.6 Å². The van der Waals surface area contributed by atoms with Crippen molar-refractivity contribution in [3.05, 3.63) is 52.2 Å². The van der Waals surface area contributed by atoms with Crippen molar-refractivity contribution >= 4 is 11.0 Å². The highest BCUT2D eigenvalue weighted by Crippen LogP contribution is 2.46. The van der Waals surface area contributed by atoms with Gasteiger partial charge in [-0.2, -0.15) is 0 Å². The number of fused-ring (bicyclic) bond motifs is 1. The zero-order valence-corrected chi connectivity index (χ0v) is 26.4. The molecule has 0 radical (unpaired) electrons. The summed E-state index contributed by atoms with van der Waals surface area (Å²) in [6.45, 7) is -1.96. The average Bonchev–Trinajstić information content (AvgIpc) is 3.11. The summed E-state index contributed by atoms with van der Waals surface area (Å²) in [5.41, 5.74) is -1.31. The Morgan fingerprint density at radius 1 is 0.725 bits per heavy atom. The molecule has 0 aliphatic carbocycles. The van der Waals surface area contributed by atoms with Crippen LogP contribution in [-0.4, -0.2) is 161 Å². The van der Waals surface area contributed by atoms with E-state index in [1.54, 1.807) is 0 Å². The quantitative estimate of drug-likeness (QED) is 0.105. The van der Waals surface area contributed by atoms with Crippen LogP contribution >= 0.6 is 0 Å². The Labute approximate surface area is 286 Å². The standard InChI is InChI=1S/C32H38O19/c33-7-17-23(40)26(43)30(51-31-27(44)21(38)14(37)9-46-31)29(49-17)20-13(36)6-16-19(24(20)41)12(35)5-15(48-16)10-1-3-11(4-2-10)47-32-28(45)25(42)22(39)18(8-34)50-32/h1-6,14,17-18,21-23,25-34,36-45H,7-9H2/t14-,17?,18?,21-,22+,23+,25?,26-,27?,28?,29-,30?,31-,32+/m0/s1. The lowest BCUT2D eigenvalue weighted by Crippen LogP contribution is -2.60. The van der Waals surface area contributed by atoms with Crippen LogP contribution in [0.15, 0.2) is 45.6 Å². The Morgan fingerprint density at radius 2 is 1.35 bits per heavy atom. The molecule has 2 aromatic carbocycles. The van der Waals surface area contributed by atoms with Gasteiger partial charge in [0.25, 0.3) is 0 Å². The minimum Gasteiger partial charge on any atom is -0.507 e. The molecule has 1 aromatic heterocycles. The van der Waals surface area contributed by atoms with E-state index in [1.165, 1.54) is 24.3 Å². The van der Waals surface area contributed by atoms with Gasteiger partial charge in [-0.05, 0) is 24.3 Å². The molecule has 6 unspecified atom stereocenters. The van der Waals surface area contributed by atoms with Gasteiger partial charge in [0.1, 0.15) is 107 Å². The third kappa shape index (κ3) is 6.90. The summed E-state index contributed by atoms with van der Waals surface area (Å²) in [4.78, 5) is 13.4. The van der Waals surface area contributed by atoms with Crippen LogP contribution in [0.4, 0.5) is 0 Å². The molecule has 12 N–H and O–H groups in total. The van der Waals surface area contributed by atoms with E-state index >= 15 is 0 Å². The number of rotatable bonds is 8. The normalized spacial score (nSPS) is 37.4. The number of aromatic hydroxyl groups is 2. The van der Waals surface area contributed by atoms with E-state index in [0.717, 1.165) is 12.1 Å². The highest BCUT2D eigenvalue weighted by molar-refractivity contribution is 5.88. The molecule has 3 aliphatic rings. The monoisotopic (exact) mass is 726 g/mol. The van der Waals surface area contributed by atoms with Gasteiger partial charge < -0.3 is 89.4 Å². The second-order valence-electron chi connectivity index (χ2n) is 12.5. The second-order valence-corrected chi connectivity index (χ2v) is 12.5. The van der Waals surface area contributed by atoms with Crippen LogP contribution in [0, 0.1) is 0 Å². The first-order chi connectivity index (χ1) is 24.2. The SMILES string of the molecule is O=c1cc(-c2ccc(O[C@@H]3OC(CO)[C@@H](O)C(O)C3O)cc2)oc2cc(O)c([C@@H]3OC(CO)[C@@H](O)[C@H](O)C3O[C@@H]3OC[C@H](O)[C@H](O)C3O)c(O)c12. The predicted octanol–water partition coefficient (Wildman–Crippen LogP) is -3.97. The predicted molar refractivity (Wildman–Crippen MR) is 165 cm³/mol. The van der Waals surface area contributed by atoms with Crippen LogP contribution in [0.2, 0.25) is 0 Å². The van der Waals surface area contributed by atoms with Crippen LogP contribution < -0.4 is 10.2 Å². The van der Waals surface area contributed by atoms with Gasteiger partial charge in [-0.1, -0.05) is 0 Å². The lowest BCUT2D eigenvalue weighted by molar-refractivity contribution is -0.325. The van der Waals surface area contributed by atoms with Crippen molar-refractivity contribution in [2.24, 2.45) is 0 Å². The van der Waals surface area contributed by atoms with Gasteiger partial charge >= 0.3 is 0 Å². The first kappa shape index (κ1) is 37.3. The Kier molecular flexibility index (Phi) is 10.8. The molecule has 3 aromatic rings. The summed E-state index contributed by atoms with van der Waals surface area (Å²) in [5, 5.41) is 123. The van der Waals surface area contributed by atoms with E-state index in [9.17, 15) is 66.1 Å². The van der Waals surface area contributed by atoms with Crippen LogP contribution in [0.3, 0.4) is 0 Å². The molecular weight excluding hydrogens is 688 g/mol. The molecular formula is C32H38O19. The number of hydrogen-bond donors (Lipinski definition) is 12. The van der Waals surface area contributed by atoms with Gasteiger partial charge in [0.2, 0.25) is 6.29 Å². The third-order valence-corrected chi connectivity index (χ3v) is 9.15. The molecule has 19 heteroatoms. The fraction of sp³-hybridized carbons (Fsp3) is 0.531. The van der Waals surface area contributed by atoms with Gasteiger partial charge in [0, 0.05) is 17.7 Å². The molecule has 14 atom stereocenters. The fourth-order valence-electron chi connectivity index (χ4n) is 6.25. The molecule has 3 fully saturated rings. The lowest BCUT2D eigenvalue weighted by Gasteiger charge is -2.45. The number of benzene rings is 2. The van der Waals surface area contributed by atoms with Crippen molar-refractivity contribution in [2.75, 3.05) is 19.8 Å². The summed E-state index contributed by atoms with van der Waals surface area (Å²) in [6.07, 6.45) is -22.9. The van der Waals surface area contributed by atoms with E-state index in [1.807, 2.05) is 0 Å². The number of ether oxygens (including phenoxy) is 5. The molecule has 0 saturated carbocycles. The van der Waals surface area contributed by atoms with E-state index < -0.39 is 134 Å². The maximum Gasteiger partial charge on any atom is 0.229 e. The fourth-order valence-corrected chi connectivity index (χ4v) is 6.25. The van der Waals surface area contributed by atoms with Gasteiger partial charge in [-0.25, -0.2) is 0 Å². The summed E-state index contributed by atoms with van der Waals surface area (Å²) < 4.78 is 33.4. The topological polar surface area (TPSA) is 319 Å².